The van der Waals surface area contributed by atoms with Crippen molar-refractivity contribution in [1.29, 1.82) is 0 Å². The minimum absolute atomic E-state index is 0.0165. The summed E-state index contributed by atoms with van der Waals surface area (Å²) in [7, 11) is -4.17. The fourth-order valence-electron chi connectivity index (χ4n) is 3.48. The van der Waals surface area contributed by atoms with E-state index in [4.69, 9.17) is 10.5 Å². The monoisotopic (exact) mass is 445 g/mol. The highest BCUT2D eigenvalue weighted by Gasteiger charge is 2.45. The molecule has 1 amide bonds. The number of ether oxygens (including phenoxy) is 1. The Labute approximate surface area is 170 Å². The van der Waals surface area contributed by atoms with Crippen LogP contribution in [0.4, 0.5) is 17.6 Å². The number of primary amides is 1. The normalized spacial score (nSPS) is 22.6. The average molecular weight is 445 g/mol. The molecular formula is C20H19F4NO4S. The molecule has 2 N–H and O–H groups in total. The molecule has 0 spiro atoms. The van der Waals surface area contributed by atoms with Crippen LogP contribution in [0, 0.1) is 5.82 Å². The highest BCUT2D eigenvalue weighted by molar-refractivity contribution is 7.92. The maximum absolute atomic E-state index is 13.8. The summed E-state index contributed by atoms with van der Waals surface area (Å²) in [6.45, 7) is 1.46. The molecule has 0 saturated carbocycles. The second-order valence-electron chi connectivity index (χ2n) is 7.40. The molecule has 0 aliphatic carbocycles. The summed E-state index contributed by atoms with van der Waals surface area (Å²) in [5.74, 6) is -1.80. The van der Waals surface area contributed by atoms with Crippen molar-refractivity contribution < 1.29 is 35.5 Å². The van der Waals surface area contributed by atoms with Crippen LogP contribution in [0.15, 0.2) is 47.4 Å². The minimum atomic E-state index is -4.68. The lowest BCUT2D eigenvalue weighted by molar-refractivity contribution is -0.137. The molecule has 30 heavy (non-hydrogen) atoms. The van der Waals surface area contributed by atoms with Gasteiger partial charge in [-0.25, -0.2) is 12.8 Å². The summed E-state index contributed by atoms with van der Waals surface area (Å²) in [5.41, 5.74) is 4.10. The number of hydrogen-bond acceptors (Lipinski definition) is 4. The number of alkyl halides is 3. The second-order valence-corrected chi connectivity index (χ2v) is 9.86. The average Bonchev–Trinajstić information content (AvgIpc) is 2.67. The van der Waals surface area contributed by atoms with Crippen molar-refractivity contribution in [2.75, 3.05) is 6.61 Å². The first kappa shape index (κ1) is 22.2. The van der Waals surface area contributed by atoms with Crippen molar-refractivity contribution in [3.63, 3.8) is 0 Å². The van der Waals surface area contributed by atoms with E-state index in [9.17, 15) is 30.8 Å². The van der Waals surface area contributed by atoms with Crippen molar-refractivity contribution >= 4 is 15.7 Å². The topological polar surface area (TPSA) is 86.5 Å². The van der Waals surface area contributed by atoms with Gasteiger partial charge in [0.2, 0.25) is 0 Å². The Morgan fingerprint density at radius 1 is 1.20 bits per heavy atom. The quantitative estimate of drug-likeness (QED) is 0.720. The van der Waals surface area contributed by atoms with E-state index in [-0.39, 0.29) is 25.0 Å². The Kier molecular flexibility index (Phi) is 5.68. The van der Waals surface area contributed by atoms with Crippen molar-refractivity contribution in [3.05, 3.63) is 65.0 Å². The van der Waals surface area contributed by atoms with Gasteiger partial charge in [-0.1, -0.05) is 12.1 Å². The number of sulfone groups is 1. The predicted octanol–water partition coefficient (Wildman–Crippen LogP) is 4.03. The zero-order valence-corrected chi connectivity index (χ0v) is 16.7. The summed E-state index contributed by atoms with van der Waals surface area (Å²) in [6, 6.07) is 7.19. The van der Waals surface area contributed by atoms with Gasteiger partial charge in [0.05, 0.1) is 26.9 Å². The van der Waals surface area contributed by atoms with Crippen LogP contribution in [0.5, 0.6) is 0 Å². The van der Waals surface area contributed by atoms with Crippen molar-refractivity contribution in [2.24, 2.45) is 5.73 Å². The van der Waals surface area contributed by atoms with E-state index >= 15 is 0 Å². The summed E-state index contributed by atoms with van der Waals surface area (Å²) >= 11 is 0. The third kappa shape index (κ3) is 4.06. The Balaban J connectivity index is 1.97. The first-order chi connectivity index (χ1) is 13.8. The highest BCUT2D eigenvalue weighted by atomic mass is 32.2. The maximum atomic E-state index is 13.8. The van der Waals surface area contributed by atoms with Crippen molar-refractivity contribution in [1.82, 2.24) is 0 Å². The number of amides is 1. The van der Waals surface area contributed by atoms with E-state index in [1.807, 2.05) is 0 Å². The third-order valence-electron chi connectivity index (χ3n) is 5.32. The van der Waals surface area contributed by atoms with Gasteiger partial charge in [-0.3, -0.25) is 4.79 Å². The largest absolute Gasteiger partial charge is 0.416 e. The first-order valence-corrected chi connectivity index (χ1v) is 10.5. The SMILES string of the molecule is CC1(S(=O)(=O)c2cccc(C(F)(F)F)c2)CCOC(c2ccc(F)c(C(N)=O)c2)C1. The van der Waals surface area contributed by atoms with E-state index in [1.165, 1.54) is 19.1 Å². The van der Waals surface area contributed by atoms with Gasteiger partial charge in [-0.15, -0.1) is 0 Å². The van der Waals surface area contributed by atoms with E-state index in [2.05, 4.69) is 0 Å². The molecule has 2 atom stereocenters. The molecule has 1 saturated heterocycles. The molecular weight excluding hydrogens is 426 g/mol. The molecule has 3 rings (SSSR count). The van der Waals surface area contributed by atoms with Gasteiger partial charge in [0.25, 0.3) is 5.91 Å². The Morgan fingerprint density at radius 3 is 2.53 bits per heavy atom. The molecule has 0 bridgehead atoms. The lowest BCUT2D eigenvalue weighted by Crippen LogP contribution is -2.42. The summed E-state index contributed by atoms with van der Waals surface area (Å²) < 4.78 is 83.5. The lowest BCUT2D eigenvalue weighted by Gasteiger charge is -2.38. The molecule has 2 aromatic rings. The van der Waals surface area contributed by atoms with E-state index in [0.29, 0.717) is 11.6 Å². The first-order valence-electron chi connectivity index (χ1n) is 8.98. The molecule has 0 radical (unpaired) electrons. The molecule has 5 nitrogen and oxygen atoms in total. The number of halogens is 4. The van der Waals surface area contributed by atoms with Crippen LogP contribution in [0.3, 0.4) is 0 Å². The second kappa shape index (κ2) is 7.66. The van der Waals surface area contributed by atoms with Crippen molar-refractivity contribution in [2.45, 2.75) is 41.7 Å². The van der Waals surface area contributed by atoms with Gasteiger partial charge in [-0.2, -0.15) is 13.2 Å². The standard InChI is InChI=1S/C20H19F4NO4S/c1-19(30(27,28)14-4-2-3-13(10-14)20(22,23)24)7-8-29-17(11-19)12-5-6-16(21)15(9-12)18(25)26/h2-6,9-10,17H,7-8,11H2,1H3,(H2,25,26). The number of rotatable bonds is 4. The zero-order chi connectivity index (χ0) is 22.3. The number of carbonyl (C=O) groups is 1. The number of nitrogens with two attached hydrogens (primary N) is 1. The molecule has 0 aromatic heterocycles. The Morgan fingerprint density at radius 2 is 1.90 bits per heavy atom. The van der Waals surface area contributed by atoms with Crippen LogP contribution < -0.4 is 5.73 Å². The maximum Gasteiger partial charge on any atom is 0.416 e. The molecule has 162 valence electrons. The van der Waals surface area contributed by atoms with Gasteiger partial charge in [0, 0.05) is 6.61 Å². The van der Waals surface area contributed by atoms with Crippen molar-refractivity contribution in [3.8, 4) is 0 Å². The molecule has 2 unspecified atom stereocenters. The molecule has 1 fully saturated rings. The summed E-state index contributed by atoms with van der Waals surface area (Å²) in [6.07, 6.45) is -5.51. The molecule has 1 heterocycles. The number of benzene rings is 2. The van der Waals surface area contributed by atoms with Crippen LogP contribution in [-0.4, -0.2) is 25.7 Å². The fraction of sp³-hybridized carbons (Fsp3) is 0.350. The Hall–Kier alpha value is -2.46. The van der Waals surface area contributed by atoms with Crippen LogP contribution in [-0.2, 0) is 20.8 Å². The van der Waals surface area contributed by atoms with Gasteiger partial charge < -0.3 is 10.5 Å². The van der Waals surface area contributed by atoms with Crippen LogP contribution >= 0.6 is 0 Å². The number of carbonyl (C=O) groups excluding carboxylic acids is 1. The molecule has 1 aliphatic heterocycles. The summed E-state index contributed by atoms with van der Waals surface area (Å²) in [5, 5.41) is 0. The zero-order valence-electron chi connectivity index (χ0n) is 15.9. The van der Waals surface area contributed by atoms with E-state index in [0.717, 1.165) is 24.3 Å². The smallest absolute Gasteiger partial charge is 0.373 e. The molecule has 10 heteroatoms. The minimum Gasteiger partial charge on any atom is -0.373 e. The van der Waals surface area contributed by atoms with Crippen LogP contribution in [0.25, 0.3) is 0 Å². The van der Waals surface area contributed by atoms with E-state index < -0.39 is 49.0 Å². The van der Waals surface area contributed by atoms with Crippen LogP contribution in [0.1, 0.15) is 47.4 Å². The van der Waals surface area contributed by atoms with Gasteiger partial charge in [0.15, 0.2) is 9.84 Å². The predicted molar refractivity (Wildman–Crippen MR) is 99.9 cm³/mol. The highest BCUT2D eigenvalue weighted by Crippen LogP contribution is 2.43. The van der Waals surface area contributed by atoms with E-state index in [1.54, 1.807) is 0 Å². The van der Waals surface area contributed by atoms with Gasteiger partial charge in [-0.05, 0) is 55.7 Å². The molecule has 2 aromatic carbocycles. The fourth-order valence-corrected chi connectivity index (χ4v) is 5.32. The van der Waals surface area contributed by atoms with Gasteiger partial charge >= 0.3 is 6.18 Å². The van der Waals surface area contributed by atoms with Crippen LogP contribution in [0.2, 0.25) is 0 Å². The third-order valence-corrected chi connectivity index (χ3v) is 7.86. The summed E-state index contributed by atoms with van der Waals surface area (Å²) in [4.78, 5) is 11.0. The van der Waals surface area contributed by atoms with Gasteiger partial charge in [0.1, 0.15) is 5.82 Å². The Bertz CT molecular complexity index is 1080. The lowest BCUT2D eigenvalue weighted by atomic mass is 9.91. The number of hydrogen-bond donors (Lipinski definition) is 1. The molecule has 1 aliphatic rings.